The number of aromatic nitrogens is 1. The van der Waals surface area contributed by atoms with Crippen LogP contribution in [0.5, 0.6) is 0 Å². The second-order valence-corrected chi connectivity index (χ2v) is 6.26. The first kappa shape index (κ1) is 14.9. The third-order valence-corrected chi connectivity index (χ3v) is 4.87. The van der Waals surface area contributed by atoms with E-state index in [1.54, 1.807) is 23.6 Å². The van der Waals surface area contributed by atoms with E-state index >= 15 is 0 Å². The van der Waals surface area contributed by atoms with Crippen LogP contribution >= 0.6 is 11.3 Å². The standard InChI is InChI=1S/C15H18N4O2S/c20-19(21)12-5-3-7-16-15(12)17-11-13(14-6-4-10-22-14)18-8-1-2-9-18/h3-7,10,13H,1-2,8-9,11H2,(H,16,17). The molecule has 7 heteroatoms. The van der Waals surface area contributed by atoms with Crippen molar-refractivity contribution < 1.29 is 4.92 Å². The number of hydrogen-bond donors (Lipinski definition) is 1. The Morgan fingerprint density at radius 3 is 2.86 bits per heavy atom. The molecular formula is C15H18N4O2S. The topological polar surface area (TPSA) is 71.3 Å². The summed E-state index contributed by atoms with van der Waals surface area (Å²) < 4.78 is 0. The monoisotopic (exact) mass is 318 g/mol. The zero-order valence-electron chi connectivity index (χ0n) is 12.1. The van der Waals surface area contributed by atoms with E-state index in [1.807, 2.05) is 6.07 Å². The van der Waals surface area contributed by atoms with Gasteiger partial charge in [0.25, 0.3) is 0 Å². The Hall–Kier alpha value is -1.99. The van der Waals surface area contributed by atoms with Crippen molar-refractivity contribution in [1.82, 2.24) is 9.88 Å². The maximum atomic E-state index is 11.1. The maximum Gasteiger partial charge on any atom is 0.311 e. The van der Waals surface area contributed by atoms with Crippen LogP contribution in [0.2, 0.25) is 0 Å². The van der Waals surface area contributed by atoms with E-state index in [4.69, 9.17) is 0 Å². The normalized spacial score (nSPS) is 16.5. The Kier molecular flexibility index (Phi) is 4.65. The largest absolute Gasteiger partial charge is 0.362 e. The number of likely N-dealkylation sites (tertiary alicyclic amines) is 1. The molecule has 1 unspecified atom stereocenters. The molecule has 3 rings (SSSR count). The molecule has 3 heterocycles. The van der Waals surface area contributed by atoms with Crippen LogP contribution in [0.15, 0.2) is 35.8 Å². The van der Waals surface area contributed by atoms with Crippen LogP contribution in [0.1, 0.15) is 23.8 Å². The number of hydrogen-bond acceptors (Lipinski definition) is 6. The van der Waals surface area contributed by atoms with Crippen molar-refractivity contribution in [3.63, 3.8) is 0 Å². The molecule has 1 saturated heterocycles. The summed E-state index contributed by atoms with van der Waals surface area (Å²) >= 11 is 1.73. The number of nitro groups is 1. The molecule has 1 N–H and O–H groups in total. The molecule has 0 amide bonds. The van der Waals surface area contributed by atoms with Crippen molar-refractivity contribution in [3.8, 4) is 0 Å². The highest BCUT2D eigenvalue weighted by Gasteiger charge is 2.25. The van der Waals surface area contributed by atoms with Gasteiger partial charge in [-0.15, -0.1) is 11.3 Å². The Bertz CT molecular complexity index is 626. The number of nitrogens with zero attached hydrogens (tertiary/aromatic N) is 3. The summed E-state index contributed by atoms with van der Waals surface area (Å²) in [4.78, 5) is 18.5. The lowest BCUT2D eigenvalue weighted by molar-refractivity contribution is -0.384. The molecule has 0 spiro atoms. The van der Waals surface area contributed by atoms with E-state index in [0.717, 1.165) is 13.1 Å². The maximum absolute atomic E-state index is 11.1. The summed E-state index contributed by atoms with van der Waals surface area (Å²) in [7, 11) is 0. The fraction of sp³-hybridized carbons (Fsp3) is 0.400. The van der Waals surface area contributed by atoms with Gasteiger partial charge in [-0.2, -0.15) is 0 Å². The van der Waals surface area contributed by atoms with Gasteiger partial charge >= 0.3 is 5.69 Å². The highest BCUT2D eigenvalue weighted by Crippen LogP contribution is 2.29. The molecule has 1 aliphatic heterocycles. The van der Waals surface area contributed by atoms with Gasteiger partial charge in [-0.25, -0.2) is 4.98 Å². The number of nitrogens with one attached hydrogen (secondary N) is 1. The van der Waals surface area contributed by atoms with Crippen LogP contribution in [-0.2, 0) is 0 Å². The zero-order valence-corrected chi connectivity index (χ0v) is 13.0. The summed E-state index contributed by atoms with van der Waals surface area (Å²) in [6, 6.07) is 7.48. The molecule has 2 aromatic rings. The molecule has 0 aromatic carbocycles. The number of anilines is 1. The van der Waals surface area contributed by atoms with Gasteiger partial charge in [-0.3, -0.25) is 15.0 Å². The predicted molar refractivity (Wildman–Crippen MR) is 87.2 cm³/mol. The quantitative estimate of drug-likeness (QED) is 0.653. The highest BCUT2D eigenvalue weighted by atomic mass is 32.1. The summed E-state index contributed by atoms with van der Waals surface area (Å²) in [5.74, 6) is 0.341. The molecule has 0 saturated carbocycles. The molecule has 0 aliphatic carbocycles. The Morgan fingerprint density at radius 1 is 1.36 bits per heavy atom. The van der Waals surface area contributed by atoms with E-state index in [1.165, 1.54) is 23.8 Å². The predicted octanol–water partition coefficient (Wildman–Crippen LogP) is 3.30. The molecule has 1 fully saturated rings. The third kappa shape index (κ3) is 3.26. The fourth-order valence-electron chi connectivity index (χ4n) is 2.82. The first-order valence-electron chi connectivity index (χ1n) is 7.36. The molecule has 0 radical (unpaired) electrons. The van der Waals surface area contributed by atoms with Gasteiger partial charge in [0.1, 0.15) is 0 Å². The van der Waals surface area contributed by atoms with E-state index < -0.39 is 4.92 Å². The molecule has 1 aliphatic rings. The van der Waals surface area contributed by atoms with Crippen molar-refractivity contribution in [2.75, 3.05) is 25.0 Å². The van der Waals surface area contributed by atoms with Gasteiger partial charge in [-0.1, -0.05) is 6.07 Å². The smallest absolute Gasteiger partial charge is 0.311 e. The molecular weight excluding hydrogens is 300 g/mol. The van der Waals surface area contributed by atoms with Gasteiger partial charge in [-0.05, 0) is 43.4 Å². The minimum Gasteiger partial charge on any atom is -0.362 e. The number of thiophene rings is 1. The van der Waals surface area contributed by atoms with Gasteiger partial charge in [0, 0.05) is 23.7 Å². The minimum atomic E-state index is -0.397. The van der Waals surface area contributed by atoms with E-state index in [9.17, 15) is 10.1 Å². The summed E-state index contributed by atoms with van der Waals surface area (Å²) in [6.45, 7) is 2.78. The average molecular weight is 318 g/mol. The van der Waals surface area contributed by atoms with Crippen LogP contribution < -0.4 is 5.32 Å². The zero-order chi connectivity index (χ0) is 15.4. The number of rotatable bonds is 6. The highest BCUT2D eigenvalue weighted by molar-refractivity contribution is 7.10. The fourth-order valence-corrected chi connectivity index (χ4v) is 3.68. The Labute approximate surface area is 132 Å². The van der Waals surface area contributed by atoms with E-state index in [2.05, 4.69) is 26.6 Å². The van der Waals surface area contributed by atoms with Crippen molar-refractivity contribution in [1.29, 1.82) is 0 Å². The first-order chi connectivity index (χ1) is 10.8. The van der Waals surface area contributed by atoms with Crippen molar-refractivity contribution in [2.45, 2.75) is 18.9 Å². The molecule has 22 heavy (non-hydrogen) atoms. The second kappa shape index (κ2) is 6.85. The molecule has 6 nitrogen and oxygen atoms in total. The lowest BCUT2D eigenvalue weighted by Gasteiger charge is -2.27. The second-order valence-electron chi connectivity index (χ2n) is 5.28. The Morgan fingerprint density at radius 2 is 2.18 bits per heavy atom. The van der Waals surface area contributed by atoms with Gasteiger partial charge < -0.3 is 5.32 Å². The van der Waals surface area contributed by atoms with Gasteiger partial charge in [0.15, 0.2) is 0 Å². The molecule has 0 bridgehead atoms. The third-order valence-electron chi connectivity index (χ3n) is 3.90. The summed E-state index contributed by atoms with van der Waals surface area (Å²) in [6.07, 6.45) is 4.00. The molecule has 1 atom stereocenters. The van der Waals surface area contributed by atoms with Crippen LogP contribution in [0, 0.1) is 10.1 Å². The van der Waals surface area contributed by atoms with Crippen LogP contribution in [0.3, 0.4) is 0 Å². The summed E-state index contributed by atoms with van der Waals surface area (Å²) in [5, 5.41) is 16.3. The van der Waals surface area contributed by atoms with Crippen LogP contribution in [0.25, 0.3) is 0 Å². The SMILES string of the molecule is O=[N+]([O-])c1cccnc1NCC(c1cccs1)N1CCCC1. The molecule has 116 valence electrons. The Balaban J connectivity index is 1.76. The first-order valence-corrected chi connectivity index (χ1v) is 8.24. The van der Waals surface area contributed by atoms with Gasteiger partial charge in [0.2, 0.25) is 5.82 Å². The van der Waals surface area contributed by atoms with E-state index in [-0.39, 0.29) is 11.7 Å². The van der Waals surface area contributed by atoms with Gasteiger partial charge in [0.05, 0.1) is 11.0 Å². The van der Waals surface area contributed by atoms with Crippen molar-refractivity contribution >= 4 is 22.8 Å². The number of pyridine rings is 1. The van der Waals surface area contributed by atoms with Crippen molar-refractivity contribution in [2.24, 2.45) is 0 Å². The van der Waals surface area contributed by atoms with Crippen LogP contribution in [-0.4, -0.2) is 34.4 Å². The average Bonchev–Trinajstić information content (AvgIpc) is 3.21. The van der Waals surface area contributed by atoms with Crippen LogP contribution in [0.4, 0.5) is 11.5 Å². The van der Waals surface area contributed by atoms with Crippen molar-refractivity contribution in [3.05, 3.63) is 50.8 Å². The molecule has 2 aromatic heterocycles. The lowest BCUT2D eigenvalue weighted by Crippen LogP contribution is -2.30. The van der Waals surface area contributed by atoms with E-state index in [0.29, 0.717) is 12.4 Å². The minimum absolute atomic E-state index is 0.0221. The lowest BCUT2D eigenvalue weighted by atomic mass is 10.2. The summed E-state index contributed by atoms with van der Waals surface area (Å²) in [5.41, 5.74) is 0.0221.